The van der Waals surface area contributed by atoms with Gasteiger partial charge in [-0.1, -0.05) is 54.6 Å². The molecule has 4 heterocycles. The van der Waals surface area contributed by atoms with Gasteiger partial charge in [0.05, 0.1) is 5.58 Å². The molecule has 0 unspecified atom stereocenters. The Kier molecular flexibility index (Phi) is 9.31. The van der Waals surface area contributed by atoms with E-state index in [0.29, 0.717) is 5.92 Å². The molecule has 0 aliphatic heterocycles. The molecule has 0 fully saturated rings. The van der Waals surface area contributed by atoms with E-state index in [2.05, 4.69) is 120 Å². The molecule has 231 valence electrons. The molecule has 1 radical (unpaired) electrons. The summed E-state index contributed by atoms with van der Waals surface area (Å²) in [5.74, 6) is 7.59. The number of benzene rings is 4. The second kappa shape index (κ2) is 13.2. The molecule has 0 aliphatic rings. The third kappa shape index (κ3) is 6.22. The van der Waals surface area contributed by atoms with E-state index >= 15 is 0 Å². The van der Waals surface area contributed by atoms with Crippen molar-refractivity contribution in [3.05, 3.63) is 127 Å². The SMILES string of the molecule is CC(C)c1ccnc(-c2[c-]ccc3c2oc2ccc4c5ccccc5sc4c23)c1.[CH3][Ge]([CH3])([CH3])[c]1ccc(-c2[c-]cccc2)nc1.[Ir]. The maximum atomic E-state index is 6.38. The fourth-order valence-corrected chi connectivity index (χ4v) is 9.12. The first kappa shape index (κ1) is 32.3. The van der Waals surface area contributed by atoms with Crippen molar-refractivity contribution in [2.45, 2.75) is 37.0 Å². The van der Waals surface area contributed by atoms with Crippen LogP contribution < -0.4 is 4.40 Å². The summed E-state index contributed by atoms with van der Waals surface area (Å²) in [5.41, 5.74) is 6.96. The first-order chi connectivity index (χ1) is 21.8. The van der Waals surface area contributed by atoms with Crippen LogP contribution in [0.5, 0.6) is 0 Å². The summed E-state index contributed by atoms with van der Waals surface area (Å²) >= 11 is 0.117. The minimum atomic E-state index is -1.72. The smallest absolute Gasteiger partial charge is 0 e. The van der Waals surface area contributed by atoms with E-state index < -0.39 is 13.3 Å². The van der Waals surface area contributed by atoms with Crippen molar-refractivity contribution in [1.82, 2.24) is 9.97 Å². The second-order valence-corrected chi connectivity index (χ2v) is 24.4. The van der Waals surface area contributed by atoms with Crippen LogP contribution in [0.2, 0.25) is 17.3 Å². The predicted molar refractivity (Wildman–Crippen MR) is 194 cm³/mol. The van der Waals surface area contributed by atoms with Crippen molar-refractivity contribution in [2.75, 3.05) is 0 Å². The Morgan fingerprint density at radius 2 is 1.59 bits per heavy atom. The molecular formula is C40H34GeIrN2OS-2. The molecule has 0 bridgehead atoms. The minimum Gasteiger partial charge on any atom is 0 e. The molecule has 3 nitrogen and oxygen atoms in total. The molecule has 0 saturated heterocycles. The van der Waals surface area contributed by atoms with Gasteiger partial charge in [0.15, 0.2) is 0 Å². The Balaban J connectivity index is 0.000000187. The summed E-state index contributed by atoms with van der Waals surface area (Å²) in [7, 11) is 0. The zero-order chi connectivity index (χ0) is 31.1. The molecule has 8 aromatic rings. The Morgan fingerprint density at radius 3 is 2.33 bits per heavy atom. The Morgan fingerprint density at radius 1 is 0.761 bits per heavy atom. The molecule has 0 spiro atoms. The third-order valence-corrected chi connectivity index (χ3v) is 13.7. The van der Waals surface area contributed by atoms with Crippen molar-refractivity contribution in [2.24, 2.45) is 0 Å². The van der Waals surface area contributed by atoms with Crippen LogP contribution in [-0.2, 0) is 20.1 Å². The van der Waals surface area contributed by atoms with Crippen molar-refractivity contribution in [3.63, 3.8) is 0 Å². The molecular weight excluding hydrogens is 821 g/mol. The molecule has 0 aliphatic carbocycles. The van der Waals surface area contributed by atoms with Crippen molar-refractivity contribution < 1.29 is 24.5 Å². The van der Waals surface area contributed by atoms with Gasteiger partial charge in [-0.05, 0) is 35.9 Å². The number of fused-ring (bicyclic) bond motifs is 7. The number of nitrogens with zero attached hydrogens (tertiary/aromatic N) is 2. The van der Waals surface area contributed by atoms with E-state index in [1.54, 1.807) is 0 Å². The summed E-state index contributed by atoms with van der Waals surface area (Å²) in [5, 5.41) is 4.91. The zero-order valence-corrected chi connectivity index (χ0v) is 31.8. The standard InChI is InChI=1S/C26H18NOS.C14H16GeN.Ir/c1-15(2)16-12-13-27-21(14-16)19-7-5-8-20-24-22(28-25(19)20)11-10-18-17-6-3-4-9-23(17)29-26(18)24;1-15(2,3)13-9-10-14(16-11-13)12-7-5-4-6-8-12;/h3-6,8-15H,1-2H3;4-7,9-11H,1-3H3;/q2*-1;. The van der Waals surface area contributed by atoms with Crippen LogP contribution in [0.4, 0.5) is 0 Å². The van der Waals surface area contributed by atoms with Crippen molar-refractivity contribution in [1.29, 1.82) is 0 Å². The van der Waals surface area contributed by atoms with Gasteiger partial charge in [0.25, 0.3) is 0 Å². The van der Waals surface area contributed by atoms with E-state index in [-0.39, 0.29) is 20.1 Å². The maximum Gasteiger partial charge on any atom is 0 e. The van der Waals surface area contributed by atoms with Gasteiger partial charge in [-0.2, -0.15) is 0 Å². The number of aromatic nitrogens is 2. The molecule has 0 amide bonds. The van der Waals surface area contributed by atoms with Gasteiger partial charge in [0, 0.05) is 51.9 Å². The maximum absolute atomic E-state index is 6.38. The van der Waals surface area contributed by atoms with Crippen molar-refractivity contribution >= 4 is 71.1 Å². The normalized spacial score (nSPS) is 11.6. The Labute approximate surface area is 290 Å². The second-order valence-electron chi connectivity index (χ2n) is 12.7. The van der Waals surface area contributed by atoms with Crippen LogP contribution in [0, 0.1) is 12.1 Å². The van der Waals surface area contributed by atoms with Crippen molar-refractivity contribution in [3.8, 4) is 22.5 Å². The quantitative estimate of drug-likeness (QED) is 0.131. The van der Waals surface area contributed by atoms with E-state index in [1.807, 2.05) is 54.1 Å². The van der Waals surface area contributed by atoms with Gasteiger partial charge in [0.1, 0.15) is 5.58 Å². The number of rotatable bonds is 4. The molecule has 4 aromatic carbocycles. The van der Waals surface area contributed by atoms with E-state index in [0.717, 1.165) is 39.1 Å². The zero-order valence-electron chi connectivity index (χ0n) is 26.5. The first-order valence-corrected chi connectivity index (χ1v) is 23.5. The van der Waals surface area contributed by atoms with Gasteiger partial charge >= 0.3 is 99.8 Å². The van der Waals surface area contributed by atoms with Crippen LogP contribution >= 0.6 is 11.3 Å². The number of hydrogen-bond donors (Lipinski definition) is 0. The molecule has 6 heteroatoms. The Hall–Kier alpha value is -3.61. The number of furan rings is 1. The molecule has 4 aromatic heterocycles. The van der Waals surface area contributed by atoms with Gasteiger partial charge in [-0.3, -0.25) is 0 Å². The third-order valence-electron chi connectivity index (χ3n) is 8.26. The van der Waals surface area contributed by atoms with Crippen LogP contribution in [0.15, 0.2) is 114 Å². The summed E-state index contributed by atoms with van der Waals surface area (Å²) in [4.78, 5) is 9.15. The van der Waals surface area contributed by atoms with Gasteiger partial charge in [-0.25, -0.2) is 0 Å². The molecule has 0 N–H and O–H groups in total. The fraction of sp³-hybridized carbons (Fsp3) is 0.150. The minimum absolute atomic E-state index is 0. The number of hydrogen-bond acceptors (Lipinski definition) is 4. The van der Waals surface area contributed by atoms with Gasteiger partial charge in [0.2, 0.25) is 0 Å². The van der Waals surface area contributed by atoms with Crippen LogP contribution in [0.1, 0.15) is 25.3 Å². The van der Waals surface area contributed by atoms with E-state index in [9.17, 15) is 0 Å². The first-order valence-electron chi connectivity index (χ1n) is 15.3. The van der Waals surface area contributed by atoms with Gasteiger partial charge in [-0.15, -0.1) is 29.5 Å². The van der Waals surface area contributed by atoms with Crippen LogP contribution in [0.3, 0.4) is 0 Å². The Bertz CT molecular complexity index is 2280. The number of pyridine rings is 2. The average molecular weight is 856 g/mol. The summed E-state index contributed by atoms with van der Waals surface area (Å²) in [6.07, 6.45) is 3.92. The fourth-order valence-electron chi connectivity index (χ4n) is 5.69. The monoisotopic (exact) mass is 857 g/mol. The molecule has 0 saturated carbocycles. The summed E-state index contributed by atoms with van der Waals surface area (Å²) < 4.78 is 10.4. The largest absolute Gasteiger partial charge is 0 e. The molecule has 8 rings (SSSR count). The van der Waals surface area contributed by atoms with Crippen LogP contribution in [0.25, 0.3) is 64.6 Å². The van der Waals surface area contributed by atoms with Crippen LogP contribution in [-0.4, -0.2) is 23.2 Å². The molecule has 0 atom stereocenters. The predicted octanol–water partition coefficient (Wildman–Crippen LogP) is 11.0. The topological polar surface area (TPSA) is 38.9 Å². The molecule has 46 heavy (non-hydrogen) atoms. The number of thiophene rings is 1. The summed E-state index contributed by atoms with van der Waals surface area (Å²) in [6, 6.07) is 40.1. The van der Waals surface area contributed by atoms with E-state index in [1.165, 1.54) is 35.5 Å². The van der Waals surface area contributed by atoms with Gasteiger partial charge < -0.3 is 9.40 Å². The summed E-state index contributed by atoms with van der Waals surface area (Å²) in [6.45, 7) is 4.39. The van der Waals surface area contributed by atoms with E-state index in [4.69, 9.17) is 4.42 Å². The average Bonchev–Trinajstić information content (AvgIpc) is 3.63.